The maximum Gasteiger partial charge on any atom is 0.305 e. The average Bonchev–Trinajstić information content (AvgIpc) is 2.86. The van der Waals surface area contributed by atoms with Gasteiger partial charge in [-0.1, -0.05) is 52.4 Å². The molecule has 0 radical (unpaired) electrons. The molecule has 0 aromatic carbocycles. The quantitative estimate of drug-likeness (QED) is 0.0907. The van der Waals surface area contributed by atoms with Gasteiger partial charge < -0.3 is 40.1 Å². The van der Waals surface area contributed by atoms with Crippen LogP contribution >= 0.6 is 0 Å². The van der Waals surface area contributed by atoms with Crippen molar-refractivity contribution in [3.63, 3.8) is 0 Å². The molecule has 0 rings (SSSR count). The van der Waals surface area contributed by atoms with E-state index in [2.05, 4.69) is 13.8 Å². The molecule has 0 aromatic heterocycles. The van der Waals surface area contributed by atoms with Crippen molar-refractivity contribution in [3.05, 3.63) is 0 Å². The Labute approximate surface area is 216 Å². The summed E-state index contributed by atoms with van der Waals surface area (Å²) in [7, 11) is 0. The van der Waals surface area contributed by atoms with Gasteiger partial charge in [-0.15, -0.1) is 0 Å². The maximum atomic E-state index is 11.2. The number of hydrogen-bond donors (Lipinski definition) is 6. The van der Waals surface area contributed by atoms with Crippen LogP contribution in [0.5, 0.6) is 0 Å². The van der Waals surface area contributed by atoms with E-state index in [4.69, 9.17) is 29.9 Å². The Morgan fingerprint density at radius 3 is 1.19 bits per heavy atom. The fraction of sp³-hybridized carbons (Fsp3) is 0.923. The summed E-state index contributed by atoms with van der Waals surface area (Å²) in [5.41, 5.74) is 0. The first-order valence-electron chi connectivity index (χ1n) is 13.4. The number of unbranched alkanes of at least 4 members (excludes halogenated alkanes) is 4. The first kappa shape index (κ1) is 36.9. The predicted molar refractivity (Wildman–Crippen MR) is 136 cm³/mol. The number of carbonyl (C=O) groups excluding carboxylic acids is 2. The minimum Gasteiger partial charge on any atom is -0.463 e. The Balaban J connectivity index is 0. The van der Waals surface area contributed by atoms with Crippen LogP contribution in [0.1, 0.15) is 104 Å². The highest BCUT2D eigenvalue weighted by Crippen LogP contribution is 2.11. The Hall–Kier alpha value is -1.30. The third kappa shape index (κ3) is 27.3. The standard InChI is InChI=1S/2C13H26O5/c2*1-2-3-4-6-11(15)7-5-8-13(17)18-10-12(16)9-14/h2*11-12,14-16H,2-10H2,1H3. The van der Waals surface area contributed by atoms with Crippen LogP contribution in [-0.4, -0.2) is 93.4 Å². The summed E-state index contributed by atoms with van der Waals surface area (Å²) < 4.78 is 9.49. The highest BCUT2D eigenvalue weighted by molar-refractivity contribution is 5.69. The molecule has 0 heterocycles. The van der Waals surface area contributed by atoms with Crippen molar-refractivity contribution in [2.24, 2.45) is 0 Å². The second kappa shape index (κ2) is 26.8. The summed E-state index contributed by atoms with van der Waals surface area (Å²) in [5.74, 6) is -0.800. The van der Waals surface area contributed by atoms with Crippen LogP contribution in [0.2, 0.25) is 0 Å². The van der Waals surface area contributed by atoms with Crippen molar-refractivity contribution in [3.8, 4) is 0 Å². The third-order valence-electron chi connectivity index (χ3n) is 5.41. The molecule has 6 N–H and O–H groups in total. The lowest BCUT2D eigenvalue weighted by Gasteiger charge is -2.10. The van der Waals surface area contributed by atoms with Gasteiger partial charge in [0.2, 0.25) is 0 Å². The van der Waals surface area contributed by atoms with E-state index >= 15 is 0 Å². The van der Waals surface area contributed by atoms with E-state index in [9.17, 15) is 19.8 Å². The number of rotatable bonds is 22. The summed E-state index contributed by atoms with van der Waals surface area (Å²) in [6.45, 7) is 3.06. The number of hydrogen-bond acceptors (Lipinski definition) is 10. The van der Waals surface area contributed by atoms with Gasteiger partial charge >= 0.3 is 11.9 Å². The summed E-state index contributed by atoms with van der Waals surface area (Å²) in [5, 5.41) is 54.2. The summed E-state index contributed by atoms with van der Waals surface area (Å²) >= 11 is 0. The molecule has 0 saturated carbocycles. The minimum absolute atomic E-state index is 0.172. The largest absolute Gasteiger partial charge is 0.463 e. The van der Waals surface area contributed by atoms with E-state index < -0.39 is 37.4 Å². The maximum absolute atomic E-state index is 11.2. The molecule has 0 aromatic rings. The van der Waals surface area contributed by atoms with Gasteiger partial charge in [0.1, 0.15) is 25.4 Å². The molecule has 36 heavy (non-hydrogen) atoms. The third-order valence-corrected chi connectivity index (χ3v) is 5.41. The zero-order valence-corrected chi connectivity index (χ0v) is 22.4. The van der Waals surface area contributed by atoms with Crippen molar-refractivity contribution < 1.29 is 49.7 Å². The Bertz CT molecular complexity index is 459. The zero-order chi connectivity index (χ0) is 27.6. The normalized spacial score (nSPS) is 14.2. The lowest BCUT2D eigenvalue weighted by atomic mass is 10.1. The molecule has 0 amide bonds. The smallest absolute Gasteiger partial charge is 0.305 e. The van der Waals surface area contributed by atoms with E-state index in [1.807, 2.05) is 0 Å². The molecule has 216 valence electrons. The fourth-order valence-electron chi connectivity index (χ4n) is 3.14. The lowest BCUT2D eigenvalue weighted by Crippen LogP contribution is -2.22. The van der Waals surface area contributed by atoms with Gasteiger partial charge in [-0.25, -0.2) is 0 Å². The minimum atomic E-state index is -1.01. The summed E-state index contributed by atoms with van der Waals surface area (Å²) in [6, 6.07) is 0. The number of aliphatic hydroxyl groups excluding tert-OH is 6. The first-order valence-corrected chi connectivity index (χ1v) is 13.4. The van der Waals surface area contributed by atoms with E-state index in [1.54, 1.807) is 0 Å². The molecule has 0 spiro atoms. The van der Waals surface area contributed by atoms with Crippen LogP contribution in [-0.2, 0) is 19.1 Å². The number of aliphatic hydroxyl groups is 6. The molecule has 0 fully saturated rings. The van der Waals surface area contributed by atoms with Crippen LogP contribution in [0, 0.1) is 0 Å². The van der Waals surface area contributed by atoms with Gasteiger partial charge in [-0.2, -0.15) is 0 Å². The van der Waals surface area contributed by atoms with Crippen molar-refractivity contribution in [2.45, 2.75) is 128 Å². The topological polar surface area (TPSA) is 174 Å². The van der Waals surface area contributed by atoms with E-state index in [0.717, 1.165) is 51.4 Å². The molecule has 4 unspecified atom stereocenters. The van der Waals surface area contributed by atoms with Crippen LogP contribution in [0.25, 0.3) is 0 Å². The molecule has 10 nitrogen and oxygen atoms in total. The van der Waals surface area contributed by atoms with Crippen molar-refractivity contribution in [1.82, 2.24) is 0 Å². The Morgan fingerprint density at radius 1 is 0.556 bits per heavy atom. The van der Waals surface area contributed by atoms with Crippen molar-refractivity contribution >= 4 is 11.9 Å². The highest BCUT2D eigenvalue weighted by atomic mass is 16.5. The first-order chi connectivity index (χ1) is 17.2. The predicted octanol–water partition coefficient (Wildman–Crippen LogP) is 1.99. The van der Waals surface area contributed by atoms with Gasteiger partial charge in [0.15, 0.2) is 0 Å². The molecular weight excluding hydrogens is 472 g/mol. The van der Waals surface area contributed by atoms with Gasteiger partial charge in [-0.3, -0.25) is 9.59 Å². The summed E-state index contributed by atoms with van der Waals surface area (Å²) in [6.07, 6.45) is 8.27. The number of carbonyl (C=O) groups is 2. The Morgan fingerprint density at radius 2 is 0.889 bits per heavy atom. The molecule has 0 bridgehead atoms. The SMILES string of the molecule is CCCCCC(O)CCCC(=O)OCC(O)CO.CCCCCC(O)CCCC(=O)OCC(O)CO. The molecule has 4 atom stereocenters. The fourth-order valence-corrected chi connectivity index (χ4v) is 3.14. The molecule has 0 aliphatic carbocycles. The van der Waals surface area contributed by atoms with Crippen LogP contribution in [0.4, 0.5) is 0 Å². The van der Waals surface area contributed by atoms with Gasteiger partial charge in [0.05, 0.1) is 25.4 Å². The van der Waals surface area contributed by atoms with Crippen LogP contribution in [0.15, 0.2) is 0 Å². The van der Waals surface area contributed by atoms with Gasteiger partial charge in [0.25, 0.3) is 0 Å². The second-order valence-electron chi connectivity index (χ2n) is 9.12. The Kier molecular flexibility index (Phi) is 27.4. The van der Waals surface area contributed by atoms with Crippen molar-refractivity contribution in [2.75, 3.05) is 26.4 Å². The molecule has 0 saturated heterocycles. The molecule has 0 aliphatic rings. The van der Waals surface area contributed by atoms with Gasteiger partial charge in [0, 0.05) is 12.8 Å². The number of esters is 2. The monoisotopic (exact) mass is 524 g/mol. The van der Waals surface area contributed by atoms with E-state index in [1.165, 1.54) is 0 Å². The summed E-state index contributed by atoms with van der Waals surface area (Å²) in [4.78, 5) is 22.4. The van der Waals surface area contributed by atoms with Gasteiger partial charge in [-0.05, 0) is 38.5 Å². The zero-order valence-electron chi connectivity index (χ0n) is 22.4. The second-order valence-corrected chi connectivity index (χ2v) is 9.12. The lowest BCUT2D eigenvalue weighted by molar-refractivity contribution is -0.148. The van der Waals surface area contributed by atoms with Crippen LogP contribution in [0.3, 0.4) is 0 Å². The van der Waals surface area contributed by atoms with E-state index in [0.29, 0.717) is 25.7 Å². The molecule has 0 aliphatic heterocycles. The number of ether oxygens (including phenoxy) is 2. The van der Waals surface area contributed by atoms with E-state index in [-0.39, 0.29) is 38.3 Å². The van der Waals surface area contributed by atoms with Crippen molar-refractivity contribution in [1.29, 1.82) is 0 Å². The van der Waals surface area contributed by atoms with Crippen LogP contribution < -0.4 is 0 Å². The average molecular weight is 525 g/mol. The molecular formula is C26H52O10. The molecule has 10 heteroatoms. The highest BCUT2D eigenvalue weighted by Gasteiger charge is 2.11.